The smallest absolute Gasteiger partial charge is 0.378 e. The second kappa shape index (κ2) is 11.8. The zero-order valence-electron chi connectivity index (χ0n) is 24.1. The minimum Gasteiger partial charge on any atom is -0.378 e. The molecule has 2 saturated heterocycles. The van der Waals surface area contributed by atoms with Gasteiger partial charge in [-0.25, -0.2) is 14.4 Å². The van der Waals surface area contributed by atoms with Crippen LogP contribution in [0.15, 0.2) is 28.8 Å². The number of benzene rings is 1. The van der Waals surface area contributed by atoms with Crippen LogP contribution in [0.4, 0.5) is 23.4 Å². The Morgan fingerprint density at radius 3 is 2.53 bits per heavy atom. The molecule has 0 unspecified atom stereocenters. The summed E-state index contributed by atoms with van der Waals surface area (Å²) in [6.07, 6.45) is -2.99. The molecule has 230 valence electrons. The summed E-state index contributed by atoms with van der Waals surface area (Å²) >= 11 is 0. The predicted octanol–water partition coefficient (Wildman–Crippen LogP) is 4.65. The number of ether oxygens (including phenoxy) is 1. The van der Waals surface area contributed by atoms with Crippen molar-refractivity contribution in [1.29, 1.82) is 0 Å². The highest BCUT2D eigenvalue weighted by Gasteiger charge is 2.34. The van der Waals surface area contributed by atoms with E-state index in [-0.39, 0.29) is 42.7 Å². The Morgan fingerprint density at radius 2 is 1.84 bits per heavy atom. The molecule has 1 amide bonds. The van der Waals surface area contributed by atoms with Gasteiger partial charge in [-0.1, -0.05) is 11.2 Å². The van der Waals surface area contributed by atoms with E-state index in [9.17, 15) is 22.4 Å². The van der Waals surface area contributed by atoms with Crippen LogP contribution in [-0.4, -0.2) is 77.0 Å². The Balaban J connectivity index is 1.26. The predicted molar refractivity (Wildman–Crippen MR) is 149 cm³/mol. The molecule has 43 heavy (non-hydrogen) atoms. The van der Waals surface area contributed by atoms with Crippen molar-refractivity contribution in [3.63, 3.8) is 0 Å². The molecule has 9 nitrogen and oxygen atoms in total. The lowest BCUT2D eigenvalue weighted by molar-refractivity contribution is -0.137. The SMILES string of the molecule is Cc1cc(-c2nc(C(=O)N3CCC(N[C@H]4CCOC[C@H]4F)CC3)c(C)c(N3CCc4ccc(C(F)(F)F)cc4C3)n2)no1. The molecule has 2 aromatic heterocycles. The third-order valence-corrected chi connectivity index (χ3v) is 8.54. The average Bonchev–Trinajstić information content (AvgIpc) is 3.43. The van der Waals surface area contributed by atoms with Crippen molar-refractivity contribution in [1.82, 2.24) is 25.3 Å². The van der Waals surface area contributed by atoms with Gasteiger partial charge in [-0.05, 0) is 62.8 Å². The maximum atomic E-state index is 14.3. The molecule has 3 aliphatic rings. The molecule has 1 N–H and O–H groups in total. The fourth-order valence-electron chi connectivity index (χ4n) is 6.11. The molecule has 2 fully saturated rings. The van der Waals surface area contributed by atoms with E-state index >= 15 is 0 Å². The number of piperidine rings is 1. The van der Waals surface area contributed by atoms with Crippen molar-refractivity contribution in [3.05, 3.63) is 58.0 Å². The number of aryl methyl sites for hydroxylation is 1. The minimum atomic E-state index is -4.44. The zero-order valence-corrected chi connectivity index (χ0v) is 24.1. The average molecular weight is 603 g/mol. The zero-order chi connectivity index (χ0) is 30.3. The van der Waals surface area contributed by atoms with Crippen molar-refractivity contribution in [2.24, 2.45) is 0 Å². The molecule has 0 spiro atoms. The summed E-state index contributed by atoms with van der Waals surface area (Å²) in [5.74, 6) is 0.977. The lowest BCUT2D eigenvalue weighted by atomic mass is 9.96. The Morgan fingerprint density at radius 1 is 1.05 bits per heavy atom. The standard InChI is InChI=1S/C30H34F4N6O3/c1-17-13-25(38-43-17)27-36-26(29(41)39-10-6-22(7-11-39)35-24-8-12-42-16-23(24)31)18(2)28(37-27)40-9-5-19-3-4-21(30(32,33)34)14-20(19)15-40/h3-4,13-14,22-24,35H,5-12,15-16H2,1-2H3/t23-,24+/m1/s1. The summed E-state index contributed by atoms with van der Waals surface area (Å²) in [5.41, 5.74) is 1.86. The van der Waals surface area contributed by atoms with Crippen molar-refractivity contribution < 1.29 is 31.6 Å². The van der Waals surface area contributed by atoms with Crippen LogP contribution in [0, 0.1) is 13.8 Å². The number of carbonyl (C=O) groups excluding carboxylic acids is 1. The van der Waals surface area contributed by atoms with Crippen LogP contribution in [0.2, 0.25) is 0 Å². The fraction of sp³-hybridized carbons (Fsp3) is 0.533. The van der Waals surface area contributed by atoms with Crippen LogP contribution < -0.4 is 10.2 Å². The normalized spacial score (nSPS) is 21.6. The third kappa shape index (κ3) is 6.23. The third-order valence-electron chi connectivity index (χ3n) is 8.54. The van der Waals surface area contributed by atoms with Gasteiger partial charge in [0.2, 0.25) is 0 Å². The molecule has 3 aromatic rings. The van der Waals surface area contributed by atoms with Crippen LogP contribution >= 0.6 is 0 Å². The number of rotatable bonds is 5. The molecule has 1 aromatic carbocycles. The van der Waals surface area contributed by atoms with E-state index in [4.69, 9.17) is 14.2 Å². The van der Waals surface area contributed by atoms with E-state index < -0.39 is 17.9 Å². The number of nitrogens with zero attached hydrogens (tertiary/aromatic N) is 5. The molecule has 2 atom stereocenters. The number of alkyl halides is 4. The van der Waals surface area contributed by atoms with Crippen LogP contribution in [0.25, 0.3) is 11.5 Å². The molecule has 0 aliphatic carbocycles. The first-order chi connectivity index (χ1) is 20.6. The fourth-order valence-corrected chi connectivity index (χ4v) is 6.11. The molecule has 13 heteroatoms. The number of carbonyl (C=O) groups is 1. The van der Waals surface area contributed by atoms with E-state index in [0.717, 1.165) is 11.6 Å². The largest absolute Gasteiger partial charge is 0.416 e. The quantitative estimate of drug-likeness (QED) is 0.422. The molecule has 0 saturated carbocycles. The number of hydrogen-bond donors (Lipinski definition) is 1. The molecular weight excluding hydrogens is 568 g/mol. The van der Waals surface area contributed by atoms with Gasteiger partial charge >= 0.3 is 6.18 Å². The van der Waals surface area contributed by atoms with Gasteiger partial charge in [0.15, 0.2) is 11.5 Å². The molecule has 0 bridgehead atoms. The van der Waals surface area contributed by atoms with Crippen LogP contribution in [0.5, 0.6) is 0 Å². The second-order valence-electron chi connectivity index (χ2n) is 11.5. The Hall–Kier alpha value is -3.58. The molecule has 6 rings (SSSR count). The van der Waals surface area contributed by atoms with Crippen LogP contribution in [0.1, 0.15) is 57.8 Å². The van der Waals surface area contributed by atoms with Crippen molar-refractivity contribution in [2.75, 3.05) is 37.7 Å². The number of halogens is 4. The highest BCUT2D eigenvalue weighted by atomic mass is 19.4. The lowest BCUT2D eigenvalue weighted by Gasteiger charge is -2.37. The van der Waals surface area contributed by atoms with E-state index in [2.05, 4.69) is 15.5 Å². The number of fused-ring (bicyclic) bond motifs is 1. The summed E-state index contributed by atoms with van der Waals surface area (Å²) in [4.78, 5) is 26.9. The summed E-state index contributed by atoms with van der Waals surface area (Å²) in [5, 5.41) is 7.45. The molecular formula is C30H34F4N6O3. The highest BCUT2D eigenvalue weighted by Crippen LogP contribution is 2.34. The molecule has 3 aliphatic heterocycles. The topological polar surface area (TPSA) is 96.6 Å². The van der Waals surface area contributed by atoms with Gasteiger partial charge in [0.1, 0.15) is 23.4 Å². The lowest BCUT2D eigenvalue weighted by Crippen LogP contribution is -2.52. The second-order valence-corrected chi connectivity index (χ2v) is 11.5. The number of nitrogens with one attached hydrogen (secondary N) is 1. The Kier molecular flexibility index (Phi) is 8.12. The number of likely N-dealkylation sites (tertiary alicyclic amines) is 1. The van der Waals surface area contributed by atoms with Crippen molar-refractivity contribution in [3.8, 4) is 11.5 Å². The van der Waals surface area contributed by atoms with Gasteiger partial charge in [0.25, 0.3) is 5.91 Å². The van der Waals surface area contributed by atoms with Gasteiger partial charge in [-0.15, -0.1) is 0 Å². The first kappa shape index (κ1) is 29.5. The molecule has 0 radical (unpaired) electrons. The van der Waals surface area contributed by atoms with Gasteiger partial charge in [0, 0.05) is 56.5 Å². The van der Waals surface area contributed by atoms with E-state index in [1.54, 1.807) is 24.8 Å². The maximum absolute atomic E-state index is 14.3. The van der Waals surface area contributed by atoms with Crippen LogP contribution in [-0.2, 0) is 23.9 Å². The van der Waals surface area contributed by atoms with E-state index in [0.29, 0.717) is 80.3 Å². The van der Waals surface area contributed by atoms with E-state index in [1.165, 1.54) is 12.1 Å². The monoisotopic (exact) mass is 602 g/mol. The summed E-state index contributed by atoms with van der Waals surface area (Å²) in [6.45, 7) is 5.81. The van der Waals surface area contributed by atoms with Gasteiger partial charge in [0.05, 0.1) is 12.2 Å². The van der Waals surface area contributed by atoms with Gasteiger partial charge in [-0.2, -0.15) is 13.2 Å². The Bertz CT molecular complexity index is 1490. The van der Waals surface area contributed by atoms with Gasteiger partial charge in [-0.3, -0.25) is 4.79 Å². The number of anilines is 1. The van der Waals surface area contributed by atoms with E-state index in [1.807, 2.05) is 4.90 Å². The number of hydrogen-bond acceptors (Lipinski definition) is 8. The summed E-state index contributed by atoms with van der Waals surface area (Å²) in [6, 6.07) is 5.36. The Labute approximate surface area is 246 Å². The summed E-state index contributed by atoms with van der Waals surface area (Å²) in [7, 11) is 0. The number of amides is 1. The molecule has 5 heterocycles. The van der Waals surface area contributed by atoms with Crippen LogP contribution in [0.3, 0.4) is 0 Å². The maximum Gasteiger partial charge on any atom is 0.416 e. The summed E-state index contributed by atoms with van der Waals surface area (Å²) < 4.78 is 65.0. The highest BCUT2D eigenvalue weighted by molar-refractivity contribution is 5.95. The minimum absolute atomic E-state index is 0.0936. The number of aromatic nitrogens is 3. The van der Waals surface area contributed by atoms with Crippen molar-refractivity contribution >= 4 is 11.7 Å². The first-order valence-corrected chi connectivity index (χ1v) is 14.6. The van der Waals surface area contributed by atoms with Crippen molar-refractivity contribution in [2.45, 2.75) is 70.5 Å². The van der Waals surface area contributed by atoms with Gasteiger partial charge < -0.3 is 24.4 Å². The first-order valence-electron chi connectivity index (χ1n) is 14.6.